The van der Waals surface area contributed by atoms with E-state index in [9.17, 15) is 4.79 Å². The number of nitrogens with two attached hydrogens (primary N) is 1. The fourth-order valence-corrected chi connectivity index (χ4v) is 4.01. The molecule has 1 aliphatic rings. The molecular formula is C15H20N4OS. The summed E-state index contributed by atoms with van der Waals surface area (Å²) in [4.78, 5) is 15.9. The molecule has 0 atom stereocenters. The van der Waals surface area contributed by atoms with Gasteiger partial charge in [0.25, 0.3) is 5.91 Å². The van der Waals surface area contributed by atoms with Crippen molar-refractivity contribution in [1.29, 1.82) is 0 Å². The minimum Gasteiger partial charge on any atom is -0.397 e. The minimum atomic E-state index is 0.00931. The maximum absolute atomic E-state index is 12.7. The van der Waals surface area contributed by atoms with Crippen LogP contribution in [0, 0.1) is 5.92 Å². The second kappa shape index (κ2) is 5.60. The smallest absolute Gasteiger partial charge is 0.266 e. The molecule has 0 radical (unpaired) electrons. The molecule has 0 spiro atoms. The number of thiophene rings is 1. The van der Waals surface area contributed by atoms with Gasteiger partial charge in [0.2, 0.25) is 0 Å². The molecule has 0 saturated heterocycles. The van der Waals surface area contributed by atoms with Gasteiger partial charge in [-0.1, -0.05) is 6.92 Å². The van der Waals surface area contributed by atoms with Gasteiger partial charge in [-0.3, -0.25) is 4.79 Å². The molecule has 5 nitrogen and oxygen atoms in total. The number of carbonyl (C=O) groups excluding carboxylic acids is 1. The molecule has 2 heterocycles. The number of nitrogens with zero attached hydrogens (tertiary/aromatic N) is 3. The molecule has 112 valence electrons. The molecule has 0 bridgehead atoms. The fourth-order valence-electron chi connectivity index (χ4n) is 2.99. The summed E-state index contributed by atoms with van der Waals surface area (Å²) in [5, 5.41) is 8.72. The Morgan fingerprint density at radius 1 is 1.38 bits per heavy atom. The van der Waals surface area contributed by atoms with E-state index in [4.69, 9.17) is 5.73 Å². The Morgan fingerprint density at radius 2 is 2.10 bits per heavy atom. The number of hydrogen-bond donors (Lipinski definition) is 1. The van der Waals surface area contributed by atoms with Crippen LogP contribution in [0.4, 0.5) is 5.69 Å². The summed E-state index contributed by atoms with van der Waals surface area (Å²) in [7, 11) is 1.89. The Morgan fingerprint density at radius 3 is 2.76 bits per heavy atom. The highest BCUT2D eigenvalue weighted by atomic mass is 32.1. The van der Waals surface area contributed by atoms with Crippen LogP contribution in [-0.2, 0) is 0 Å². The van der Waals surface area contributed by atoms with Crippen molar-refractivity contribution >= 4 is 33.1 Å². The predicted molar refractivity (Wildman–Crippen MR) is 85.3 cm³/mol. The predicted octanol–water partition coefficient (Wildman–Crippen LogP) is 2.92. The lowest BCUT2D eigenvalue weighted by Crippen LogP contribution is -2.39. The van der Waals surface area contributed by atoms with Crippen LogP contribution in [0.25, 0.3) is 10.2 Å². The molecule has 0 aliphatic heterocycles. The number of carbonyl (C=O) groups is 1. The van der Waals surface area contributed by atoms with Gasteiger partial charge in [-0.05, 0) is 37.7 Å². The average molecular weight is 304 g/mol. The van der Waals surface area contributed by atoms with E-state index in [-0.39, 0.29) is 5.91 Å². The van der Waals surface area contributed by atoms with Gasteiger partial charge in [-0.2, -0.15) is 5.10 Å². The molecule has 0 unspecified atom stereocenters. The summed E-state index contributed by atoms with van der Waals surface area (Å²) < 4.78 is 0. The summed E-state index contributed by atoms with van der Waals surface area (Å²) in [5.74, 6) is 0.782. The van der Waals surface area contributed by atoms with E-state index >= 15 is 0 Å². The van der Waals surface area contributed by atoms with E-state index in [0.717, 1.165) is 29.0 Å². The van der Waals surface area contributed by atoms with E-state index in [1.54, 1.807) is 6.20 Å². The van der Waals surface area contributed by atoms with Gasteiger partial charge in [0, 0.05) is 18.5 Å². The molecule has 6 heteroatoms. The number of fused-ring (bicyclic) bond motifs is 1. The van der Waals surface area contributed by atoms with Crippen LogP contribution in [0.15, 0.2) is 12.3 Å². The zero-order valence-corrected chi connectivity index (χ0v) is 13.2. The molecule has 0 aromatic carbocycles. The third-order valence-electron chi connectivity index (χ3n) is 4.47. The highest BCUT2D eigenvalue weighted by molar-refractivity contribution is 7.21. The van der Waals surface area contributed by atoms with Crippen molar-refractivity contribution in [2.75, 3.05) is 12.8 Å². The Labute approximate surface area is 128 Å². The second-order valence-corrected chi connectivity index (χ2v) is 6.92. The van der Waals surface area contributed by atoms with E-state index in [2.05, 4.69) is 17.1 Å². The lowest BCUT2D eigenvalue weighted by molar-refractivity contribution is 0.0685. The Balaban J connectivity index is 1.84. The maximum atomic E-state index is 12.7. The molecule has 21 heavy (non-hydrogen) atoms. The van der Waals surface area contributed by atoms with Gasteiger partial charge in [0.1, 0.15) is 9.71 Å². The summed E-state index contributed by atoms with van der Waals surface area (Å²) in [6, 6.07) is 2.14. The number of rotatable bonds is 2. The Bertz CT molecular complexity index is 661. The normalized spacial score (nSPS) is 22.4. The van der Waals surface area contributed by atoms with Crippen LogP contribution in [0.2, 0.25) is 0 Å². The Hall–Kier alpha value is -1.69. The van der Waals surface area contributed by atoms with Crippen molar-refractivity contribution < 1.29 is 4.79 Å². The van der Waals surface area contributed by atoms with Crippen LogP contribution < -0.4 is 5.73 Å². The van der Waals surface area contributed by atoms with Crippen LogP contribution in [0.1, 0.15) is 42.3 Å². The molecular weight excluding hydrogens is 284 g/mol. The molecule has 2 N–H and O–H groups in total. The van der Waals surface area contributed by atoms with Crippen LogP contribution in [0.5, 0.6) is 0 Å². The zero-order valence-electron chi connectivity index (χ0n) is 12.4. The van der Waals surface area contributed by atoms with Crippen LogP contribution in [0.3, 0.4) is 0 Å². The van der Waals surface area contributed by atoms with Crippen molar-refractivity contribution in [3.8, 4) is 0 Å². The van der Waals surface area contributed by atoms with Crippen molar-refractivity contribution in [1.82, 2.24) is 15.1 Å². The molecule has 1 aliphatic carbocycles. The number of amides is 1. The second-order valence-electron chi connectivity index (χ2n) is 5.92. The van der Waals surface area contributed by atoms with Gasteiger partial charge in [0.15, 0.2) is 0 Å². The molecule has 1 saturated carbocycles. The first-order valence-corrected chi connectivity index (χ1v) is 8.16. The van der Waals surface area contributed by atoms with Crippen LogP contribution in [-0.4, -0.2) is 34.1 Å². The quantitative estimate of drug-likeness (QED) is 0.926. The van der Waals surface area contributed by atoms with Crippen molar-refractivity contribution in [2.24, 2.45) is 5.92 Å². The number of anilines is 1. The summed E-state index contributed by atoms with van der Waals surface area (Å²) in [5.41, 5.74) is 6.66. The fraction of sp³-hybridized carbons (Fsp3) is 0.533. The van der Waals surface area contributed by atoms with Gasteiger partial charge < -0.3 is 10.6 Å². The number of hydrogen-bond acceptors (Lipinski definition) is 5. The standard InChI is InChI=1S/C15H20N4OS/c1-9-3-5-10(6-4-9)19(2)15(20)13-12(16)11-7-8-17-18-14(11)21-13/h7-10H,3-6,16H2,1-2H3. The third kappa shape index (κ3) is 2.60. The van der Waals surface area contributed by atoms with Crippen molar-refractivity contribution in [3.63, 3.8) is 0 Å². The molecule has 3 rings (SSSR count). The van der Waals surface area contributed by atoms with Gasteiger partial charge in [-0.25, -0.2) is 0 Å². The van der Waals surface area contributed by atoms with Gasteiger partial charge in [0.05, 0.1) is 11.9 Å². The summed E-state index contributed by atoms with van der Waals surface area (Å²) in [6.45, 7) is 2.28. The summed E-state index contributed by atoms with van der Waals surface area (Å²) in [6.07, 6.45) is 6.14. The molecule has 1 fully saturated rings. The molecule has 2 aromatic heterocycles. The third-order valence-corrected chi connectivity index (χ3v) is 5.56. The Kier molecular flexibility index (Phi) is 3.80. The van der Waals surface area contributed by atoms with Crippen molar-refractivity contribution in [3.05, 3.63) is 17.1 Å². The highest BCUT2D eigenvalue weighted by Crippen LogP contribution is 2.34. The van der Waals surface area contributed by atoms with E-state index in [1.807, 2.05) is 18.0 Å². The number of aromatic nitrogens is 2. The van der Waals surface area contributed by atoms with Crippen LogP contribution >= 0.6 is 11.3 Å². The average Bonchev–Trinajstić information content (AvgIpc) is 2.84. The SMILES string of the molecule is CC1CCC(N(C)C(=O)c2sc3nnccc3c2N)CC1. The highest BCUT2D eigenvalue weighted by Gasteiger charge is 2.28. The molecule has 2 aromatic rings. The first-order chi connectivity index (χ1) is 10.1. The zero-order chi connectivity index (χ0) is 15.0. The largest absolute Gasteiger partial charge is 0.397 e. The first-order valence-electron chi connectivity index (χ1n) is 7.34. The van der Waals surface area contributed by atoms with E-state index in [0.29, 0.717) is 16.6 Å². The minimum absolute atomic E-state index is 0.00931. The van der Waals surface area contributed by atoms with Gasteiger partial charge in [-0.15, -0.1) is 16.4 Å². The monoisotopic (exact) mass is 304 g/mol. The molecule has 1 amide bonds. The maximum Gasteiger partial charge on any atom is 0.266 e. The number of nitrogen functional groups attached to an aromatic ring is 1. The van der Waals surface area contributed by atoms with E-state index < -0.39 is 0 Å². The summed E-state index contributed by atoms with van der Waals surface area (Å²) >= 11 is 1.34. The van der Waals surface area contributed by atoms with Gasteiger partial charge >= 0.3 is 0 Å². The van der Waals surface area contributed by atoms with Crippen molar-refractivity contribution in [2.45, 2.75) is 38.6 Å². The van der Waals surface area contributed by atoms with E-state index in [1.165, 1.54) is 24.2 Å². The first kappa shape index (κ1) is 14.3. The topological polar surface area (TPSA) is 72.1 Å². The lowest BCUT2D eigenvalue weighted by atomic mass is 9.87. The lowest BCUT2D eigenvalue weighted by Gasteiger charge is -2.33.